The number of rotatable bonds is 5. The summed E-state index contributed by atoms with van der Waals surface area (Å²) in [6.07, 6.45) is 4.53. The second-order valence-electron chi connectivity index (χ2n) is 8.54. The molecule has 1 aromatic heterocycles. The topological polar surface area (TPSA) is 54.3 Å². The maximum Gasteiger partial charge on any atom is 0.236 e. The van der Waals surface area contributed by atoms with Crippen molar-refractivity contribution in [2.45, 2.75) is 49.6 Å². The van der Waals surface area contributed by atoms with E-state index in [2.05, 4.69) is 56.1 Å². The van der Waals surface area contributed by atoms with Crippen LogP contribution < -0.4 is 4.90 Å². The Morgan fingerprint density at radius 1 is 0.906 bits per heavy atom. The summed E-state index contributed by atoms with van der Waals surface area (Å²) in [7, 11) is 0. The number of nitrogens with zero attached hydrogens (tertiary/aromatic N) is 5. The van der Waals surface area contributed by atoms with Crippen molar-refractivity contribution in [1.82, 2.24) is 19.7 Å². The summed E-state index contributed by atoms with van der Waals surface area (Å²) in [6.45, 7) is 5.43. The molecule has 0 spiro atoms. The second kappa shape index (κ2) is 9.36. The zero-order valence-corrected chi connectivity index (χ0v) is 19.3. The molecular formula is C25H29N5OS. The molecule has 0 N–H and O–H groups in total. The molecular weight excluding hydrogens is 418 g/mol. The van der Waals surface area contributed by atoms with Gasteiger partial charge in [-0.3, -0.25) is 9.36 Å². The van der Waals surface area contributed by atoms with Crippen LogP contribution in [0.25, 0.3) is 5.69 Å². The molecule has 0 radical (unpaired) electrons. The van der Waals surface area contributed by atoms with E-state index >= 15 is 0 Å². The van der Waals surface area contributed by atoms with Crippen LogP contribution in [-0.2, 0) is 17.8 Å². The number of piperidine rings is 1. The van der Waals surface area contributed by atoms with Crippen LogP contribution in [0.2, 0.25) is 0 Å². The van der Waals surface area contributed by atoms with E-state index in [0.717, 1.165) is 42.8 Å². The Balaban J connectivity index is 1.38. The highest BCUT2D eigenvalue weighted by molar-refractivity contribution is 8.00. The third-order valence-electron chi connectivity index (χ3n) is 6.34. The molecule has 3 aromatic rings. The minimum atomic E-state index is -0.235. The molecule has 3 heterocycles. The molecule has 6 nitrogen and oxygen atoms in total. The normalized spacial score (nSPS) is 17.2. The first-order valence-corrected chi connectivity index (χ1v) is 12.4. The first-order chi connectivity index (χ1) is 15.7. The molecule has 7 heteroatoms. The van der Waals surface area contributed by atoms with Gasteiger partial charge in [0.15, 0.2) is 5.16 Å². The zero-order valence-electron chi connectivity index (χ0n) is 18.5. The number of thioether (sulfide) groups is 1. The van der Waals surface area contributed by atoms with E-state index in [1.807, 2.05) is 30.0 Å². The van der Waals surface area contributed by atoms with Crippen molar-refractivity contribution in [2.75, 3.05) is 24.5 Å². The summed E-state index contributed by atoms with van der Waals surface area (Å²) in [5.41, 5.74) is 3.64. The van der Waals surface area contributed by atoms with Crippen LogP contribution in [0, 0.1) is 0 Å². The quantitative estimate of drug-likeness (QED) is 0.545. The highest BCUT2D eigenvalue weighted by atomic mass is 32.2. The van der Waals surface area contributed by atoms with Gasteiger partial charge in [-0.15, -0.1) is 10.2 Å². The molecule has 0 bridgehead atoms. The molecule has 2 aromatic carbocycles. The van der Waals surface area contributed by atoms with Gasteiger partial charge in [0.25, 0.3) is 0 Å². The van der Waals surface area contributed by atoms with Gasteiger partial charge in [0.2, 0.25) is 11.9 Å². The lowest BCUT2D eigenvalue weighted by Gasteiger charge is -2.31. The Hall–Kier alpha value is -2.80. The molecule has 1 amide bonds. The van der Waals surface area contributed by atoms with Gasteiger partial charge in [-0.25, -0.2) is 0 Å². The number of hydrogen-bond acceptors (Lipinski definition) is 5. The third kappa shape index (κ3) is 4.26. The van der Waals surface area contributed by atoms with E-state index in [-0.39, 0.29) is 11.2 Å². The maximum absolute atomic E-state index is 13.3. The standard InChI is InChI=1S/C25H29N5OS/c1-19(23(31)29-17-14-20-10-6-7-11-21(20)18-29)32-25-27-26-24(28-15-8-3-9-16-28)30(25)22-12-4-2-5-13-22/h2,4-7,10-13,19H,3,8-9,14-18H2,1H3. The van der Waals surface area contributed by atoms with Crippen LogP contribution >= 0.6 is 11.8 Å². The molecule has 2 aliphatic rings. The highest BCUT2D eigenvalue weighted by Gasteiger charge is 2.28. The average Bonchev–Trinajstić information content (AvgIpc) is 3.27. The summed E-state index contributed by atoms with van der Waals surface area (Å²) in [5, 5.41) is 9.64. The minimum absolute atomic E-state index is 0.159. The number of carbonyl (C=O) groups is 1. The molecule has 5 rings (SSSR count). The van der Waals surface area contributed by atoms with Crippen molar-refractivity contribution in [3.8, 4) is 5.69 Å². The summed E-state index contributed by atoms with van der Waals surface area (Å²) in [5.74, 6) is 1.04. The van der Waals surface area contributed by atoms with Gasteiger partial charge in [-0.2, -0.15) is 0 Å². The van der Waals surface area contributed by atoms with Gasteiger partial charge in [0, 0.05) is 26.2 Å². The van der Waals surface area contributed by atoms with Gasteiger partial charge in [0.05, 0.1) is 10.9 Å². The lowest BCUT2D eigenvalue weighted by molar-refractivity contribution is -0.131. The molecule has 1 unspecified atom stereocenters. The first kappa shape index (κ1) is 21.1. The lowest BCUT2D eigenvalue weighted by Crippen LogP contribution is -2.40. The number of benzene rings is 2. The Bertz CT molecular complexity index is 1080. The largest absolute Gasteiger partial charge is 0.341 e. The van der Waals surface area contributed by atoms with E-state index in [0.29, 0.717) is 6.54 Å². The molecule has 166 valence electrons. The monoisotopic (exact) mass is 447 g/mol. The summed E-state index contributed by atoms with van der Waals surface area (Å²) < 4.78 is 2.12. The fourth-order valence-corrected chi connectivity index (χ4v) is 5.54. The lowest BCUT2D eigenvalue weighted by atomic mass is 10.00. The van der Waals surface area contributed by atoms with Crippen LogP contribution in [0.3, 0.4) is 0 Å². The predicted octanol–water partition coefficient (Wildman–Crippen LogP) is 4.32. The third-order valence-corrected chi connectivity index (χ3v) is 7.37. The summed E-state index contributed by atoms with van der Waals surface area (Å²) in [4.78, 5) is 17.6. The van der Waals surface area contributed by atoms with Crippen molar-refractivity contribution in [1.29, 1.82) is 0 Å². The number of hydrogen-bond donors (Lipinski definition) is 0. The van der Waals surface area contributed by atoms with Crippen molar-refractivity contribution in [3.63, 3.8) is 0 Å². The van der Waals surface area contributed by atoms with Crippen LogP contribution in [0.1, 0.15) is 37.3 Å². The number of anilines is 1. The second-order valence-corrected chi connectivity index (χ2v) is 9.85. The molecule has 1 saturated heterocycles. The SMILES string of the molecule is CC(Sc1nnc(N2CCCCC2)n1-c1ccccc1)C(=O)N1CCc2ccccc2C1. The fraction of sp³-hybridized carbons (Fsp3) is 0.400. The number of carbonyl (C=O) groups excluding carboxylic acids is 1. The molecule has 2 aliphatic heterocycles. The van der Waals surface area contributed by atoms with E-state index in [4.69, 9.17) is 0 Å². The van der Waals surface area contributed by atoms with Crippen molar-refractivity contribution < 1.29 is 4.79 Å². The molecule has 32 heavy (non-hydrogen) atoms. The zero-order chi connectivity index (χ0) is 21.9. The highest BCUT2D eigenvalue weighted by Crippen LogP contribution is 2.31. The van der Waals surface area contributed by atoms with Crippen LogP contribution in [0.15, 0.2) is 59.8 Å². The fourth-order valence-electron chi connectivity index (χ4n) is 4.59. The first-order valence-electron chi connectivity index (χ1n) is 11.5. The Kier molecular flexibility index (Phi) is 6.17. The van der Waals surface area contributed by atoms with E-state index in [1.54, 1.807) is 0 Å². The number of amides is 1. The van der Waals surface area contributed by atoms with Gasteiger partial charge in [0.1, 0.15) is 0 Å². The minimum Gasteiger partial charge on any atom is -0.341 e. The Morgan fingerprint density at radius 2 is 1.62 bits per heavy atom. The molecule has 0 aliphatic carbocycles. The van der Waals surface area contributed by atoms with Crippen molar-refractivity contribution in [3.05, 3.63) is 65.7 Å². The maximum atomic E-state index is 13.3. The summed E-state index contributed by atoms with van der Waals surface area (Å²) in [6, 6.07) is 18.7. The molecule has 1 fully saturated rings. The van der Waals surface area contributed by atoms with Crippen molar-refractivity contribution >= 4 is 23.6 Å². The van der Waals surface area contributed by atoms with Crippen LogP contribution in [0.5, 0.6) is 0 Å². The van der Waals surface area contributed by atoms with E-state index < -0.39 is 0 Å². The van der Waals surface area contributed by atoms with E-state index in [1.165, 1.54) is 42.2 Å². The smallest absolute Gasteiger partial charge is 0.236 e. The predicted molar refractivity (Wildman–Crippen MR) is 128 cm³/mol. The average molecular weight is 448 g/mol. The van der Waals surface area contributed by atoms with Gasteiger partial charge in [-0.05, 0) is 55.9 Å². The van der Waals surface area contributed by atoms with Gasteiger partial charge < -0.3 is 9.80 Å². The Labute approximate surface area is 193 Å². The van der Waals surface area contributed by atoms with E-state index in [9.17, 15) is 4.79 Å². The Morgan fingerprint density at radius 3 is 2.41 bits per heavy atom. The number of fused-ring (bicyclic) bond motifs is 1. The summed E-state index contributed by atoms with van der Waals surface area (Å²) >= 11 is 1.50. The number of para-hydroxylation sites is 1. The number of aromatic nitrogens is 3. The van der Waals surface area contributed by atoms with Gasteiger partial charge >= 0.3 is 0 Å². The van der Waals surface area contributed by atoms with Crippen molar-refractivity contribution in [2.24, 2.45) is 0 Å². The molecule has 0 saturated carbocycles. The van der Waals surface area contributed by atoms with Crippen LogP contribution in [0.4, 0.5) is 5.95 Å². The van der Waals surface area contributed by atoms with Crippen LogP contribution in [-0.4, -0.2) is 50.5 Å². The molecule has 1 atom stereocenters. The van der Waals surface area contributed by atoms with Gasteiger partial charge in [-0.1, -0.05) is 54.2 Å².